The monoisotopic (exact) mass is 572 g/mol. The molecule has 0 bridgehead atoms. The van der Waals surface area contributed by atoms with Crippen molar-refractivity contribution in [3.05, 3.63) is 28.6 Å². The van der Waals surface area contributed by atoms with E-state index in [0.29, 0.717) is 26.2 Å². The predicted molar refractivity (Wildman–Crippen MR) is 139 cm³/mol. The van der Waals surface area contributed by atoms with Crippen molar-refractivity contribution in [2.24, 2.45) is 29.4 Å². The van der Waals surface area contributed by atoms with Crippen molar-refractivity contribution >= 4 is 34.9 Å². The van der Waals surface area contributed by atoms with Crippen LogP contribution in [0.25, 0.3) is 0 Å². The predicted octanol–water partition coefficient (Wildman–Crippen LogP) is -1.33. The van der Waals surface area contributed by atoms with Crippen LogP contribution in [-0.4, -0.2) is 112 Å². The number of hydrogen-bond donors (Lipinski definition) is 3. The molecule has 2 unspecified atom stereocenters. The third kappa shape index (κ3) is 4.29. The second-order valence-electron chi connectivity index (χ2n) is 11.8. The molecule has 13 heteroatoms. The summed E-state index contributed by atoms with van der Waals surface area (Å²) in [7, 11) is 2.99. The van der Waals surface area contributed by atoms with Gasteiger partial charge in [-0.05, 0) is 38.9 Å². The second kappa shape index (κ2) is 10.1. The van der Waals surface area contributed by atoms with E-state index in [2.05, 4.69) is 0 Å². The summed E-state index contributed by atoms with van der Waals surface area (Å²) in [5.74, 6) is -12.6. The van der Waals surface area contributed by atoms with Gasteiger partial charge in [-0.1, -0.05) is 0 Å². The standard InChI is InChI=1S/C28H33FN4O8/c1-12(34)33-6-4-32(5-7-33)11-14-10-17(35)19-15(21(14)29)8-13-9-16-22(31(2)3)24(37)20(27(30)40)26(39)28(16,41)25(38)18(13)23(19)36/h10,13,16,18,20,22,35,41H,4-9,11H2,1-3H3,(H2,30,40)/t13-,16-,18?,20?,22-,28-/m0/s1. The number of amides is 2. The van der Waals surface area contributed by atoms with Crippen LogP contribution in [0.15, 0.2) is 6.07 Å². The molecule has 5 rings (SSSR count). The number of primary amides is 1. The Labute approximate surface area is 235 Å². The van der Waals surface area contributed by atoms with E-state index >= 15 is 4.39 Å². The zero-order valence-electron chi connectivity index (χ0n) is 23.1. The number of aliphatic hydroxyl groups is 1. The number of piperazine rings is 1. The Morgan fingerprint density at radius 3 is 2.32 bits per heavy atom. The van der Waals surface area contributed by atoms with Gasteiger partial charge < -0.3 is 20.8 Å². The van der Waals surface area contributed by atoms with Gasteiger partial charge in [0.1, 0.15) is 11.6 Å². The minimum atomic E-state index is -2.83. The number of hydrogen-bond acceptors (Lipinski definition) is 10. The number of nitrogens with two attached hydrogens (primary N) is 1. The number of likely N-dealkylation sites (N-methyl/N-ethyl adjacent to an activating group) is 1. The van der Waals surface area contributed by atoms with Gasteiger partial charge in [0.05, 0.1) is 17.5 Å². The molecule has 12 nitrogen and oxygen atoms in total. The quantitative estimate of drug-likeness (QED) is 0.366. The van der Waals surface area contributed by atoms with Gasteiger partial charge in [0, 0.05) is 56.7 Å². The summed E-state index contributed by atoms with van der Waals surface area (Å²) in [5.41, 5.74) is 2.21. The number of carbonyl (C=O) groups excluding carboxylic acids is 6. The van der Waals surface area contributed by atoms with E-state index in [1.54, 1.807) is 4.90 Å². The molecule has 3 aliphatic carbocycles. The average molecular weight is 573 g/mol. The highest BCUT2D eigenvalue weighted by Crippen LogP contribution is 2.51. The molecule has 2 saturated carbocycles. The topological polar surface area (TPSA) is 179 Å². The third-order valence-corrected chi connectivity index (χ3v) is 9.28. The summed E-state index contributed by atoms with van der Waals surface area (Å²) < 4.78 is 15.9. The summed E-state index contributed by atoms with van der Waals surface area (Å²) >= 11 is 0. The fourth-order valence-electron chi connectivity index (χ4n) is 7.28. The Bertz CT molecular complexity index is 1390. The number of rotatable bonds is 4. The van der Waals surface area contributed by atoms with E-state index in [9.17, 15) is 39.0 Å². The second-order valence-corrected chi connectivity index (χ2v) is 11.8. The van der Waals surface area contributed by atoms with E-state index < -0.39 is 75.9 Å². The molecule has 1 saturated heterocycles. The van der Waals surface area contributed by atoms with Gasteiger partial charge in [0.15, 0.2) is 34.7 Å². The van der Waals surface area contributed by atoms with Crippen molar-refractivity contribution in [1.29, 1.82) is 0 Å². The number of Topliss-reactive ketones (excluding diaryl/α,β-unsaturated/α-hetero) is 4. The molecular weight excluding hydrogens is 539 g/mol. The van der Waals surface area contributed by atoms with Gasteiger partial charge in [-0.2, -0.15) is 0 Å². The summed E-state index contributed by atoms with van der Waals surface area (Å²) in [5, 5.41) is 22.4. The lowest BCUT2D eigenvalue weighted by atomic mass is 9.52. The molecule has 1 aromatic rings. The first-order valence-corrected chi connectivity index (χ1v) is 13.6. The van der Waals surface area contributed by atoms with Crippen LogP contribution < -0.4 is 5.73 Å². The maximum absolute atomic E-state index is 15.9. The largest absolute Gasteiger partial charge is 0.507 e. The Morgan fingerprint density at radius 2 is 1.76 bits per heavy atom. The summed E-state index contributed by atoms with van der Waals surface area (Å²) in [6.07, 6.45) is -0.293. The van der Waals surface area contributed by atoms with Crippen LogP contribution in [0.3, 0.4) is 0 Å². The molecule has 41 heavy (non-hydrogen) atoms. The molecule has 4 N–H and O–H groups in total. The lowest BCUT2D eigenvalue weighted by Gasteiger charge is -2.52. The minimum absolute atomic E-state index is 0.0488. The Balaban J connectivity index is 1.50. The Morgan fingerprint density at radius 1 is 1.12 bits per heavy atom. The number of ketones is 4. The van der Waals surface area contributed by atoms with Crippen LogP contribution in [0, 0.1) is 29.5 Å². The Kier molecular flexibility index (Phi) is 7.11. The van der Waals surface area contributed by atoms with Gasteiger partial charge in [-0.3, -0.25) is 38.6 Å². The zero-order valence-corrected chi connectivity index (χ0v) is 23.1. The molecule has 220 valence electrons. The number of phenolic OH excluding ortho intramolecular Hbond substituents is 1. The van der Waals surface area contributed by atoms with Crippen LogP contribution in [0.1, 0.15) is 34.8 Å². The number of carbonyl (C=O) groups is 6. The maximum atomic E-state index is 15.9. The van der Waals surface area contributed by atoms with Crippen molar-refractivity contribution in [3.63, 3.8) is 0 Å². The lowest BCUT2D eigenvalue weighted by Crippen LogP contribution is -2.74. The van der Waals surface area contributed by atoms with Crippen LogP contribution >= 0.6 is 0 Å². The fraction of sp³-hybridized carbons (Fsp3) is 0.571. The molecule has 1 heterocycles. The van der Waals surface area contributed by atoms with Crippen molar-refractivity contribution in [2.45, 2.75) is 38.0 Å². The SMILES string of the molecule is CC(=O)N1CCN(Cc2cc(O)c3c(c2F)C[C@H]2C[C@H]4[C@H](N(C)C)C(=O)C(C(N)=O)C(=O)[C@@]4(O)C(=O)C2C3=O)CC1. The van der Waals surface area contributed by atoms with Crippen molar-refractivity contribution in [3.8, 4) is 5.75 Å². The van der Waals surface area contributed by atoms with Crippen molar-refractivity contribution < 1.29 is 43.4 Å². The molecule has 1 aromatic carbocycles. The first-order valence-electron chi connectivity index (χ1n) is 13.6. The summed E-state index contributed by atoms with van der Waals surface area (Å²) in [6, 6.07) is -0.0839. The highest BCUT2D eigenvalue weighted by atomic mass is 19.1. The first-order chi connectivity index (χ1) is 19.2. The highest BCUT2D eigenvalue weighted by molar-refractivity contribution is 6.32. The third-order valence-electron chi connectivity index (χ3n) is 9.28. The van der Waals surface area contributed by atoms with E-state index in [4.69, 9.17) is 5.73 Å². The van der Waals surface area contributed by atoms with Crippen LogP contribution in [0.2, 0.25) is 0 Å². The number of nitrogens with zero attached hydrogens (tertiary/aromatic N) is 3. The van der Waals surface area contributed by atoms with Crippen LogP contribution in [0.4, 0.5) is 4.39 Å². The van der Waals surface area contributed by atoms with Gasteiger partial charge >= 0.3 is 0 Å². The molecule has 6 atom stereocenters. The molecule has 3 fully saturated rings. The number of fused-ring (bicyclic) bond motifs is 3. The summed E-state index contributed by atoms with van der Waals surface area (Å²) in [6.45, 7) is 3.55. The lowest BCUT2D eigenvalue weighted by molar-refractivity contribution is -0.181. The zero-order chi connectivity index (χ0) is 30.1. The van der Waals surface area contributed by atoms with Gasteiger partial charge in [0.2, 0.25) is 11.8 Å². The van der Waals surface area contributed by atoms with Crippen molar-refractivity contribution in [1.82, 2.24) is 14.7 Å². The van der Waals surface area contributed by atoms with E-state index in [1.165, 1.54) is 25.9 Å². The Hall–Kier alpha value is -3.55. The molecular formula is C28H33FN4O8. The minimum Gasteiger partial charge on any atom is -0.507 e. The van der Waals surface area contributed by atoms with Gasteiger partial charge in [-0.25, -0.2) is 4.39 Å². The molecule has 0 aromatic heterocycles. The van der Waals surface area contributed by atoms with Gasteiger partial charge in [0.25, 0.3) is 0 Å². The van der Waals surface area contributed by atoms with E-state index in [0.717, 1.165) is 6.07 Å². The van der Waals surface area contributed by atoms with E-state index in [-0.39, 0.29) is 42.0 Å². The molecule has 0 spiro atoms. The first kappa shape index (κ1) is 29.0. The number of halogens is 1. The average Bonchev–Trinajstić information content (AvgIpc) is 2.89. The maximum Gasteiger partial charge on any atom is 0.235 e. The van der Waals surface area contributed by atoms with Crippen LogP contribution in [-0.2, 0) is 36.9 Å². The van der Waals surface area contributed by atoms with Crippen LogP contribution in [0.5, 0.6) is 5.75 Å². The normalized spacial score (nSPS) is 32.0. The number of aromatic hydroxyl groups is 1. The smallest absolute Gasteiger partial charge is 0.235 e. The molecule has 1 aliphatic heterocycles. The van der Waals surface area contributed by atoms with E-state index in [1.807, 2.05) is 4.90 Å². The van der Waals surface area contributed by atoms with Crippen molar-refractivity contribution in [2.75, 3.05) is 40.3 Å². The molecule has 0 radical (unpaired) electrons. The number of benzene rings is 1. The summed E-state index contributed by atoms with van der Waals surface area (Å²) in [4.78, 5) is 82.6. The molecule has 2 amide bonds. The molecule has 4 aliphatic rings. The number of phenols is 1. The fourth-order valence-corrected chi connectivity index (χ4v) is 7.28. The van der Waals surface area contributed by atoms with Gasteiger partial charge in [-0.15, -0.1) is 0 Å². The highest BCUT2D eigenvalue weighted by Gasteiger charge is 2.69.